The van der Waals surface area contributed by atoms with E-state index in [1.807, 2.05) is 45.3 Å². The maximum atomic E-state index is 12.5. The number of rotatable bonds is 10. The minimum atomic E-state index is -0.824. The molecule has 1 amide bonds. The van der Waals surface area contributed by atoms with Crippen LogP contribution in [0, 0.1) is 5.92 Å². The van der Waals surface area contributed by atoms with Crippen molar-refractivity contribution in [2.75, 3.05) is 39.7 Å². The molecule has 0 spiro atoms. The maximum absolute atomic E-state index is 12.5. The zero-order chi connectivity index (χ0) is 18.2. The van der Waals surface area contributed by atoms with E-state index in [9.17, 15) is 4.79 Å². The van der Waals surface area contributed by atoms with Gasteiger partial charge in [-0.25, -0.2) is 0 Å². The lowest BCUT2D eigenvalue weighted by Gasteiger charge is -2.28. The Kier molecular flexibility index (Phi) is 8.22. The largest absolute Gasteiger partial charge is 0.494 e. The minimum Gasteiger partial charge on any atom is -0.494 e. The predicted octanol–water partition coefficient (Wildman–Crippen LogP) is 3.41. The molecule has 5 heteroatoms. The van der Waals surface area contributed by atoms with E-state index in [0.29, 0.717) is 18.9 Å². The van der Waals surface area contributed by atoms with Gasteiger partial charge in [0.1, 0.15) is 11.4 Å². The third-order valence-corrected chi connectivity index (χ3v) is 3.86. The summed E-state index contributed by atoms with van der Waals surface area (Å²) >= 11 is 0. The van der Waals surface area contributed by atoms with Gasteiger partial charge >= 0.3 is 0 Å². The number of carbonyl (C=O) groups excluding carboxylic acids is 1. The second-order valence-electron chi connectivity index (χ2n) is 7.02. The van der Waals surface area contributed by atoms with Crippen molar-refractivity contribution in [2.24, 2.45) is 5.92 Å². The first-order valence-corrected chi connectivity index (χ1v) is 8.51. The summed E-state index contributed by atoms with van der Waals surface area (Å²) in [6.45, 7) is 7.66. The summed E-state index contributed by atoms with van der Waals surface area (Å²) in [7, 11) is 5.67. The molecule has 0 aliphatic heterocycles. The van der Waals surface area contributed by atoms with Crippen LogP contribution in [-0.2, 0) is 9.53 Å². The van der Waals surface area contributed by atoms with Crippen molar-refractivity contribution in [1.82, 2.24) is 4.90 Å². The van der Waals surface area contributed by atoms with Gasteiger partial charge < -0.3 is 19.7 Å². The molecule has 24 heavy (non-hydrogen) atoms. The van der Waals surface area contributed by atoms with Crippen molar-refractivity contribution in [3.8, 4) is 5.75 Å². The number of hydrogen-bond acceptors (Lipinski definition) is 4. The smallest absolute Gasteiger partial charge is 0.256 e. The van der Waals surface area contributed by atoms with Crippen LogP contribution in [0.25, 0.3) is 0 Å². The number of carbonyl (C=O) groups is 1. The van der Waals surface area contributed by atoms with E-state index in [4.69, 9.17) is 9.47 Å². The molecule has 0 saturated carbocycles. The van der Waals surface area contributed by atoms with Gasteiger partial charge in [-0.15, -0.1) is 0 Å². The van der Waals surface area contributed by atoms with Crippen LogP contribution in [-0.4, -0.2) is 50.8 Å². The Morgan fingerprint density at radius 2 is 1.88 bits per heavy atom. The molecule has 0 aliphatic carbocycles. The van der Waals surface area contributed by atoms with Crippen LogP contribution in [0.2, 0.25) is 0 Å². The molecule has 1 atom stereocenters. The van der Waals surface area contributed by atoms with E-state index in [2.05, 4.69) is 24.1 Å². The minimum absolute atomic E-state index is 0.127. The molecule has 1 N–H and O–H groups in total. The lowest BCUT2D eigenvalue weighted by molar-refractivity contribution is -0.137. The molecule has 0 aliphatic rings. The lowest BCUT2D eigenvalue weighted by Crippen LogP contribution is -2.43. The van der Waals surface area contributed by atoms with E-state index in [0.717, 1.165) is 24.4 Å². The first-order valence-electron chi connectivity index (χ1n) is 8.51. The fourth-order valence-electron chi connectivity index (χ4n) is 2.52. The molecule has 0 aromatic heterocycles. The highest BCUT2D eigenvalue weighted by atomic mass is 16.5. The van der Waals surface area contributed by atoms with E-state index in [1.54, 1.807) is 7.11 Å². The van der Waals surface area contributed by atoms with Crippen molar-refractivity contribution in [3.05, 3.63) is 24.3 Å². The fraction of sp³-hybridized carbons (Fsp3) is 0.632. The third-order valence-electron chi connectivity index (χ3n) is 3.86. The van der Waals surface area contributed by atoms with Crippen molar-refractivity contribution < 1.29 is 14.3 Å². The van der Waals surface area contributed by atoms with Gasteiger partial charge in [0.2, 0.25) is 0 Å². The Morgan fingerprint density at radius 3 is 2.38 bits per heavy atom. The number of ether oxygens (including phenoxy) is 2. The van der Waals surface area contributed by atoms with Crippen LogP contribution >= 0.6 is 0 Å². The molecule has 136 valence electrons. The van der Waals surface area contributed by atoms with Gasteiger partial charge in [0.15, 0.2) is 0 Å². The number of nitrogens with zero attached hydrogens (tertiary/aromatic N) is 1. The van der Waals surface area contributed by atoms with Gasteiger partial charge in [0.25, 0.3) is 5.91 Å². The normalized spacial score (nSPS) is 13.8. The highest BCUT2D eigenvalue weighted by Crippen LogP contribution is 2.23. The van der Waals surface area contributed by atoms with Crippen molar-refractivity contribution >= 4 is 11.6 Å². The van der Waals surface area contributed by atoms with E-state index >= 15 is 0 Å². The zero-order valence-corrected chi connectivity index (χ0v) is 15.9. The summed E-state index contributed by atoms with van der Waals surface area (Å²) in [5, 5.41) is 2.92. The van der Waals surface area contributed by atoms with E-state index in [1.165, 1.54) is 0 Å². The highest BCUT2D eigenvalue weighted by molar-refractivity contribution is 5.97. The monoisotopic (exact) mass is 336 g/mol. The molecule has 0 bridgehead atoms. The third kappa shape index (κ3) is 6.89. The van der Waals surface area contributed by atoms with Crippen molar-refractivity contribution in [1.29, 1.82) is 0 Å². The number of amides is 1. The number of methoxy groups -OCH3 is 1. The van der Waals surface area contributed by atoms with Crippen molar-refractivity contribution in [3.63, 3.8) is 0 Å². The molecule has 1 unspecified atom stereocenters. The van der Waals surface area contributed by atoms with E-state index < -0.39 is 5.60 Å². The second kappa shape index (κ2) is 9.64. The quantitative estimate of drug-likeness (QED) is 0.665. The Balaban J connectivity index is 2.55. The topological polar surface area (TPSA) is 50.8 Å². The molecule has 5 nitrogen and oxygen atoms in total. The van der Waals surface area contributed by atoms with Gasteiger partial charge in [-0.2, -0.15) is 0 Å². The zero-order valence-electron chi connectivity index (χ0n) is 15.9. The molecule has 0 fully saturated rings. The van der Waals surface area contributed by atoms with Gasteiger partial charge in [-0.05, 0) is 64.0 Å². The maximum Gasteiger partial charge on any atom is 0.256 e. The van der Waals surface area contributed by atoms with Crippen LogP contribution in [0.3, 0.4) is 0 Å². The van der Waals surface area contributed by atoms with Gasteiger partial charge in [-0.1, -0.05) is 13.8 Å². The van der Waals surface area contributed by atoms with Crippen LogP contribution in [0.5, 0.6) is 5.75 Å². The predicted molar refractivity (Wildman–Crippen MR) is 98.6 cm³/mol. The lowest BCUT2D eigenvalue weighted by atomic mass is 9.93. The summed E-state index contributed by atoms with van der Waals surface area (Å²) < 4.78 is 11.1. The summed E-state index contributed by atoms with van der Waals surface area (Å²) in [6, 6.07) is 7.45. The molecular weight excluding hydrogens is 304 g/mol. The Morgan fingerprint density at radius 1 is 1.25 bits per heavy atom. The molecule has 0 radical (unpaired) electrons. The standard InChI is InChI=1S/C19H32N2O3/c1-15(2)14-19(3,23-6)18(22)20-16-8-10-17(11-9-16)24-13-7-12-21(4)5/h8-11,15H,7,12-14H2,1-6H3,(H,20,22). The number of hydrogen-bond donors (Lipinski definition) is 1. The SMILES string of the molecule is COC(C)(CC(C)C)C(=O)Nc1ccc(OCCCN(C)C)cc1. The summed E-state index contributed by atoms with van der Waals surface area (Å²) in [4.78, 5) is 14.6. The first kappa shape index (κ1) is 20.5. The van der Waals surface area contributed by atoms with Gasteiger partial charge in [0, 0.05) is 19.3 Å². The Hall–Kier alpha value is -1.59. The molecule has 1 rings (SSSR count). The van der Waals surface area contributed by atoms with E-state index in [-0.39, 0.29) is 5.91 Å². The van der Waals surface area contributed by atoms with Crippen LogP contribution in [0.1, 0.15) is 33.6 Å². The first-order chi connectivity index (χ1) is 11.3. The Bertz CT molecular complexity index is 500. The van der Waals surface area contributed by atoms with Crippen LogP contribution in [0.4, 0.5) is 5.69 Å². The van der Waals surface area contributed by atoms with Crippen LogP contribution in [0.15, 0.2) is 24.3 Å². The molecular formula is C19H32N2O3. The van der Waals surface area contributed by atoms with Crippen molar-refractivity contribution in [2.45, 2.75) is 39.2 Å². The number of anilines is 1. The van der Waals surface area contributed by atoms with Gasteiger partial charge in [0.05, 0.1) is 6.61 Å². The molecule has 0 heterocycles. The summed E-state index contributed by atoms with van der Waals surface area (Å²) in [5.74, 6) is 1.06. The summed E-state index contributed by atoms with van der Waals surface area (Å²) in [5.41, 5.74) is -0.0807. The summed E-state index contributed by atoms with van der Waals surface area (Å²) in [6.07, 6.45) is 1.65. The second-order valence-corrected chi connectivity index (χ2v) is 7.02. The molecule has 1 aromatic rings. The van der Waals surface area contributed by atoms with Crippen LogP contribution < -0.4 is 10.1 Å². The Labute approximate surface area is 146 Å². The molecule has 1 aromatic carbocycles. The van der Waals surface area contributed by atoms with Gasteiger partial charge in [-0.3, -0.25) is 4.79 Å². The highest BCUT2D eigenvalue weighted by Gasteiger charge is 2.33. The fourth-order valence-corrected chi connectivity index (χ4v) is 2.52. The average molecular weight is 336 g/mol. The number of nitrogens with one attached hydrogen (secondary N) is 1. The number of benzene rings is 1. The average Bonchev–Trinajstić information content (AvgIpc) is 2.52. The molecule has 0 saturated heterocycles.